The Hall–Kier alpha value is -1.11. The first-order valence-corrected chi connectivity index (χ1v) is 7.61. The van der Waals surface area contributed by atoms with E-state index in [4.69, 9.17) is 9.47 Å². The molecule has 0 radical (unpaired) electrons. The molecule has 0 saturated carbocycles. The fourth-order valence-electron chi connectivity index (χ4n) is 1.54. The number of hydrogen-bond acceptors (Lipinski definition) is 4. The molecule has 5 nitrogen and oxygen atoms in total. The quantitative estimate of drug-likeness (QED) is 0.775. The lowest BCUT2D eigenvalue weighted by atomic mass is 10.2. The highest BCUT2D eigenvalue weighted by Gasteiger charge is 2.19. The Morgan fingerprint density at radius 3 is 2.58 bits per heavy atom. The number of ether oxygens (including phenoxy) is 2. The van der Waals surface area contributed by atoms with E-state index in [-0.39, 0.29) is 17.5 Å². The van der Waals surface area contributed by atoms with Crippen LogP contribution >= 0.6 is 0 Å². The van der Waals surface area contributed by atoms with Gasteiger partial charge < -0.3 is 9.47 Å². The number of nitrogens with one attached hydrogen (secondary N) is 1. The standard InChI is InChI=1S/C13H21NO4S/c1-10(2)18-8-7-14-19(15,16)13-9-11(3)5-6-12(13)17-4/h5-6,9-10,14H,7-8H2,1-4H3. The summed E-state index contributed by atoms with van der Waals surface area (Å²) in [5, 5.41) is 0. The molecule has 1 aromatic carbocycles. The molecule has 0 unspecified atom stereocenters. The summed E-state index contributed by atoms with van der Waals surface area (Å²) in [6, 6.07) is 5.04. The van der Waals surface area contributed by atoms with Crippen LogP contribution < -0.4 is 9.46 Å². The molecular formula is C13H21NO4S. The summed E-state index contributed by atoms with van der Waals surface area (Å²) >= 11 is 0. The third kappa shape index (κ3) is 4.81. The zero-order valence-electron chi connectivity index (χ0n) is 11.8. The molecular weight excluding hydrogens is 266 g/mol. The minimum Gasteiger partial charge on any atom is -0.495 e. The minimum absolute atomic E-state index is 0.0815. The van der Waals surface area contributed by atoms with Crippen molar-refractivity contribution in [2.75, 3.05) is 20.3 Å². The minimum atomic E-state index is -3.58. The number of hydrogen-bond donors (Lipinski definition) is 1. The molecule has 0 aliphatic carbocycles. The van der Waals surface area contributed by atoms with Crippen LogP contribution in [0, 0.1) is 6.92 Å². The second-order valence-electron chi connectivity index (χ2n) is 4.47. The molecule has 0 fully saturated rings. The SMILES string of the molecule is COc1ccc(C)cc1S(=O)(=O)NCCOC(C)C. The summed E-state index contributed by atoms with van der Waals surface area (Å²) in [5.74, 6) is 0.336. The van der Waals surface area contributed by atoms with Gasteiger partial charge in [0.05, 0.1) is 19.8 Å². The van der Waals surface area contributed by atoms with Crippen LogP contribution in [0.15, 0.2) is 23.1 Å². The van der Waals surface area contributed by atoms with Gasteiger partial charge in [-0.25, -0.2) is 13.1 Å². The van der Waals surface area contributed by atoms with Gasteiger partial charge in [-0.1, -0.05) is 6.07 Å². The Morgan fingerprint density at radius 1 is 1.32 bits per heavy atom. The molecule has 0 amide bonds. The first-order chi connectivity index (χ1) is 8.86. The van der Waals surface area contributed by atoms with Crippen molar-refractivity contribution >= 4 is 10.0 Å². The van der Waals surface area contributed by atoms with Crippen molar-refractivity contribution in [2.24, 2.45) is 0 Å². The van der Waals surface area contributed by atoms with Crippen LogP contribution in [0.4, 0.5) is 0 Å². The van der Waals surface area contributed by atoms with E-state index in [1.165, 1.54) is 7.11 Å². The molecule has 1 aromatic rings. The number of methoxy groups -OCH3 is 1. The summed E-state index contributed by atoms with van der Waals surface area (Å²) in [4.78, 5) is 0.152. The van der Waals surface area contributed by atoms with Crippen LogP contribution in [0.1, 0.15) is 19.4 Å². The molecule has 0 atom stereocenters. The molecule has 1 rings (SSSR count). The maximum atomic E-state index is 12.2. The second-order valence-corrected chi connectivity index (χ2v) is 6.21. The van der Waals surface area contributed by atoms with Crippen LogP contribution in [-0.2, 0) is 14.8 Å². The van der Waals surface area contributed by atoms with Gasteiger partial charge in [0.1, 0.15) is 10.6 Å². The second kappa shape index (κ2) is 6.88. The lowest BCUT2D eigenvalue weighted by Gasteiger charge is -2.12. The molecule has 0 aliphatic heterocycles. The van der Waals surface area contributed by atoms with Crippen molar-refractivity contribution < 1.29 is 17.9 Å². The summed E-state index contributed by atoms with van der Waals surface area (Å²) in [7, 11) is -2.13. The average molecular weight is 287 g/mol. The first kappa shape index (κ1) is 15.9. The van der Waals surface area contributed by atoms with E-state index in [2.05, 4.69) is 4.72 Å². The van der Waals surface area contributed by atoms with Crippen molar-refractivity contribution in [3.05, 3.63) is 23.8 Å². The van der Waals surface area contributed by atoms with Crippen LogP contribution in [0.25, 0.3) is 0 Å². The highest BCUT2D eigenvalue weighted by Crippen LogP contribution is 2.24. The molecule has 0 bridgehead atoms. The number of benzene rings is 1. The molecule has 0 aromatic heterocycles. The Kier molecular flexibility index (Phi) is 5.78. The van der Waals surface area contributed by atoms with Crippen molar-refractivity contribution in [1.29, 1.82) is 0 Å². The van der Waals surface area contributed by atoms with Crippen molar-refractivity contribution in [2.45, 2.75) is 31.8 Å². The number of aryl methyl sites for hydroxylation is 1. The highest BCUT2D eigenvalue weighted by atomic mass is 32.2. The van der Waals surface area contributed by atoms with Crippen molar-refractivity contribution in [3.8, 4) is 5.75 Å². The van der Waals surface area contributed by atoms with Crippen LogP contribution in [-0.4, -0.2) is 34.8 Å². The van der Waals surface area contributed by atoms with Gasteiger partial charge >= 0.3 is 0 Å². The topological polar surface area (TPSA) is 64.6 Å². The average Bonchev–Trinajstić information content (AvgIpc) is 2.34. The lowest BCUT2D eigenvalue weighted by molar-refractivity contribution is 0.0834. The van der Waals surface area contributed by atoms with Gasteiger partial charge in [0.15, 0.2) is 0 Å². The molecule has 1 N–H and O–H groups in total. The molecule has 0 aliphatic rings. The molecule has 0 saturated heterocycles. The number of rotatable bonds is 7. The Labute approximate surface area is 115 Å². The molecule has 19 heavy (non-hydrogen) atoms. The van der Waals surface area contributed by atoms with Gasteiger partial charge in [0, 0.05) is 6.54 Å². The molecule has 0 heterocycles. The van der Waals surface area contributed by atoms with Gasteiger partial charge in [0.2, 0.25) is 10.0 Å². The third-order valence-electron chi connectivity index (χ3n) is 2.45. The van der Waals surface area contributed by atoms with E-state index < -0.39 is 10.0 Å². The Balaban J connectivity index is 2.79. The maximum Gasteiger partial charge on any atom is 0.244 e. The van der Waals surface area contributed by atoms with Gasteiger partial charge in [-0.3, -0.25) is 0 Å². The lowest BCUT2D eigenvalue weighted by Crippen LogP contribution is -2.28. The third-order valence-corrected chi connectivity index (χ3v) is 3.94. The maximum absolute atomic E-state index is 12.2. The van der Waals surface area contributed by atoms with E-state index >= 15 is 0 Å². The molecule has 108 valence electrons. The summed E-state index contributed by atoms with van der Waals surface area (Å²) in [6.45, 7) is 6.21. The van der Waals surface area contributed by atoms with Crippen LogP contribution in [0.3, 0.4) is 0 Å². The van der Waals surface area contributed by atoms with E-state index in [0.717, 1.165) is 5.56 Å². The van der Waals surface area contributed by atoms with Gasteiger partial charge in [-0.05, 0) is 38.5 Å². The first-order valence-electron chi connectivity index (χ1n) is 6.12. The predicted octanol–water partition coefficient (Wildman–Crippen LogP) is 1.71. The summed E-state index contributed by atoms with van der Waals surface area (Å²) in [6.07, 6.45) is 0.0815. The van der Waals surface area contributed by atoms with Gasteiger partial charge in [-0.15, -0.1) is 0 Å². The van der Waals surface area contributed by atoms with E-state index in [1.807, 2.05) is 20.8 Å². The normalized spacial score (nSPS) is 11.8. The van der Waals surface area contributed by atoms with Crippen LogP contribution in [0.2, 0.25) is 0 Å². The fraction of sp³-hybridized carbons (Fsp3) is 0.538. The van der Waals surface area contributed by atoms with Gasteiger partial charge in [-0.2, -0.15) is 0 Å². The largest absolute Gasteiger partial charge is 0.495 e. The van der Waals surface area contributed by atoms with Gasteiger partial charge in [0.25, 0.3) is 0 Å². The number of sulfonamides is 1. The zero-order valence-corrected chi connectivity index (χ0v) is 12.6. The van der Waals surface area contributed by atoms with Crippen LogP contribution in [0.5, 0.6) is 5.75 Å². The summed E-state index contributed by atoms with van der Waals surface area (Å²) < 4.78 is 37.2. The van der Waals surface area contributed by atoms with E-state index in [1.54, 1.807) is 18.2 Å². The highest BCUT2D eigenvalue weighted by molar-refractivity contribution is 7.89. The molecule has 0 spiro atoms. The molecule has 6 heteroatoms. The Bertz CT molecular complexity index is 511. The van der Waals surface area contributed by atoms with E-state index in [0.29, 0.717) is 12.4 Å². The summed E-state index contributed by atoms with van der Waals surface area (Å²) in [5.41, 5.74) is 0.861. The predicted molar refractivity (Wildman–Crippen MR) is 74.0 cm³/mol. The Morgan fingerprint density at radius 2 is 2.00 bits per heavy atom. The monoisotopic (exact) mass is 287 g/mol. The van der Waals surface area contributed by atoms with Crippen molar-refractivity contribution in [1.82, 2.24) is 4.72 Å². The van der Waals surface area contributed by atoms with E-state index in [9.17, 15) is 8.42 Å². The fourth-order valence-corrected chi connectivity index (χ4v) is 2.81. The smallest absolute Gasteiger partial charge is 0.244 e. The van der Waals surface area contributed by atoms with Crippen molar-refractivity contribution in [3.63, 3.8) is 0 Å². The zero-order chi connectivity index (χ0) is 14.5.